The first-order chi connectivity index (χ1) is 27.9. The molecule has 2 saturated carbocycles. The lowest BCUT2D eigenvalue weighted by Crippen LogP contribution is -2.22. The molecule has 0 saturated heterocycles. The van der Waals surface area contributed by atoms with Gasteiger partial charge in [0.25, 0.3) is 0 Å². The second-order valence-corrected chi connectivity index (χ2v) is 21.8. The van der Waals surface area contributed by atoms with Crippen LogP contribution in [0.2, 0.25) is 25.7 Å². The van der Waals surface area contributed by atoms with Gasteiger partial charge in [-0.25, -0.2) is 29.5 Å². The Labute approximate surface area is 337 Å². The maximum Gasteiger partial charge on any atom is 0.358 e. The van der Waals surface area contributed by atoms with Gasteiger partial charge in [0.05, 0.1) is 20.4 Å². The van der Waals surface area contributed by atoms with Crippen LogP contribution in [-0.2, 0) is 33.8 Å². The van der Waals surface area contributed by atoms with Gasteiger partial charge < -0.3 is 32.6 Å². The minimum absolute atomic E-state index is 0.0484. The van der Waals surface area contributed by atoms with Crippen LogP contribution in [-0.4, -0.2) is 90.7 Å². The number of rotatable bonds is 17. The molecule has 1 N–H and O–H groups in total. The molecule has 6 heterocycles. The largest absolute Gasteiger partial charge is 0.464 e. The number of pyridine rings is 2. The van der Waals surface area contributed by atoms with Crippen molar-refractivity contribution in [3.05, 3.63) is 107 Å². The lowest BCUT2D eigenvalue weighted by Gasteiger charge is -2.16. The van der Waals surface area contributed by atoms with E-state index in [0.717, 1.165) is 17.3 Å². The Morgan fingerprint density at radius 2 is 1.29 bits per heavy atom. The molecular weight excluding hydrogens is 757 g/mol. The van der Waals surface area contributed by atoms with Gasteiger partial charge in [0, 0.05) is 71.3 Å². The molecule has 6 aromatic rings. The third-order valence-corrected chi connectivity index (χ3v) is 12.0. The molecule has 0 aromatic carbocycles. The van der Waals surface area contributed by atoms with Gasteiger partial charge in [0.2, 0.25) is 0 Å². The van der Waals surface area contributed by atoms with Crippen molar-refractivity contribution in [2.24, 2.45) is 0 Å². The number of ether oxygens (including phenoxy) is 3. The number of Topliss-reactive ketones (excluding diaryl/α,β-unsaturated/α-hetero) is 2. The number of aromatic amines is 1. The molecule has 8 rings (SSSR count). The van der Waals surface area contributed by atoms with E-state index < -0.39 is 20.0 Å². The molecule has 0 atom stereocenters. The summed E-state index contributed by atoms with van der Waals surface area (Å²) in [6.07, 6.45) is 17.0. The third kappa shape index (κ3) is 10.2. The van der Waals surface area contributed by atoms with Crippen molar-refractivity contribution >= 4 is 42.9 Å². The summed E-state index contributed by atoms with van der Waals surface area (Å²) in [7, 11) is 1.44. The Bertz CT molecular complexity index is 2450. The Kier molecular flexibility index (Phi) is 12.1. The molecule has 0 radical (unpaired) electrons. The van der Waals surface area contributed by atoms with E-state index in [4.69, 9.17) is 9.47 Å². The number of esters is 2. The number of ketones is 2. The molecular formula is C42H50N8O7Si. The molecule has 6 aromatic heterocycles. The molecule has 0 bridgehead atoms. The number of hydrogen-bond acceptors (Lipinski definition) is 11. The zero-order valence-electron chi connectivity index (χ0n) is 33.7. The zero-order valence-corrected chi connectivity index (χ0v) is 34.7. The van der Waals surface area contributed by atoms with Crippen LogP contribution in [0.3, 0.4) is 0 Å². The van der Waals surface area contributed by atoms with Crippen LogP contribution in [0.5, 0.6) is 0 Å². The number of hydrogen-bond donors (Lipinski definition) is 1. The smallest absolute Gasteiger partial charge is 0.358 e. The maximum absolute atomic E-state index is 12.9. The SMILES string of the molecule is COC(=O)c1cn(COCC[Si](C)(C)C)c(CCC(=O)c2cn3cc(C4CC4)ccc3n2)n1.COC(=O)c1cnc(CCC(=O)c2cn3cc(C4CC4)ccc3n2)[nH]1. The Balaban J connectivity index is 0.000000183. The van der Waals surface area contributed by atoms with E-state index in [9.17, 15) is 19.2 Å². The molecule has 0 spiro atoms. The zero-order chi connectivity index (χ0) is 41.0. The predicted molar refractivity (Wildman–Crippen MR) is 217 cm³/mol. The second kappa shape index (κ2) is 17.4. The molecule has 0 amide bonds. The minimum Gasteiger partial charge on any atom is -0.464 e. The highest BCUT2D eigenvalue weighted by Crippen LogP contribution is 2.40. The molecule has 2 fully saturated rings. The third-order valence-electron chi connectivity index (χ3n) is 10.3. The summed E-state index contributed by atoms with van der Waals surface area (Å²) in [4.78, 5) is 68.9. The van der Waals surface area contributed by atoms with Crippen LogP contribution in [0.4, 0.5) is 0 Å². The van der Waals surface area contributed by atoms with Gasteiger partial charge in [-0.15, -0.1) is 0 Å². The average molecular weight is 807 g/mol. The maximum atomic E-state index is 12.9. The van der Waals surface area contributed by atoms with Crippen LogP contribution in [0.25, 0.3) is 11.3 Å². The molecule has 0 aliphatic heterocycles. The van der Waals surface area contributed by atoms with E-state index in [1.807, 2.05) is 20.9 Å². The highest BCUT2D eigenvalue weighted by molar-refractivity contribution is 6.76. The summed E-state index contributed by atoms with van der Waals surface area (Å²) in [5.41, 5.74) is 5.54. The van der Waals surface area contributed by atoms with E-state index in [2.05, 4.69) is 73.8 Å². The fourth-order valence-electron chi connectivity index (χ4n) is 6.53. The van der Waals surface area contributed by atoms with Crippen molar-refractivity contribution < 1.29 is 33.4 Å². The van der Waals surface area contributed by atoms with Gasteiger partial charge in [-0.05, 0) is 66.8 Å². The van der Waals surface area contributed by atoms with E-state index in [1.54, 1.807) is 23.2 Å². The molecule has 2 aliphatic rings. The van der Waals surface area contributed by atoms with E-state index in [1.165, 1.54) is 57.2 Å². The van der Waals surface area contributed by atoms with Crippen LogP contribution in [0, 0.1) is 0 Å². The van der Waals surface area contributed by atoms with Gasteiger partial charge in [0.15, 0.2) is 17.3 Å². The summed E-state index contributed by atoms with van der Waals surface area (Å²) in [5, 5.41) is 0. The number of methoxy groups -OCH3 is 2. The van der Waals surface area contributed by atoms with Crippen molar-refractivity contribution in [2.45, 2.75) is 95.6 Å². The standard InChI is InChI=1S/C24H32N4O4Si.C18H18N4O3/c1-31-24(30)20-15-28(16-32-11-12-33(2,3)4)23(26-20)10-8-21(29)19-14-27-13-18(17-5-6-17)7-9-22(27)25-19;1-25-18(24)13-8-19-16(20-13)6-5-15(23)14-10-22-9-12(11-2-3-11)4-7-17(22)21-14/h7,9,13-15,17H,5-6,8,10-12,16H2,1-4H3;4,7-11H,2-3,5-6H2,1H3,(H,19,20). The molecule has 15 nitrogen and oxygen atoms in total. The minimum atomic E-state index is -1.19. The Morgan fingerprint density at radius 3 is 1.83 bits per heavy atom. The van der Waals surface area contributed by atoms with Crippen LogP contribution in [0.15, 0.2) is 61.4 Å². The number of nitrogens with zero attached hydrogens (tertiary/aromatic N) is 7. The lowest BCUT2D eigenvalue weighted by molar-refractivity contribution is 0.0585. The van der Waals surface area contributed by atoms with Gasteiger partial charge in [-0.2, -0.15) is 0 Å². The summed E-state index contributed by atoms with van der Waals surface area (Å²) < 4.78 is 20.9. The van der Waals surface area contributed by atoms with E-state index in [-0.39, 0.29) is 42.5 Å². The van der Waals surface area contributed by atoms with Crippen LogP contribution in [0.1, 0.15) is 115 Å². The molecule has 16 heteroatoms. The number of H-pyrrole nitrogens is 1. The topological polar surface area (TPSA) is 177 Å². The fourth-order valence-corrected chi connectivity index (χ4v) is 7.29. The first-order valence-electron chi connectivity index (χ1n) is 19.8. The van der Waals surface area contributed by atoms with Crippen molar-refractivity contribution in [1.29, 1.82) is 0 Å². The fraction of sp³-hybridized carbons (Fsp3) is 0.429. The normalized spacial score (nSPS) is 14.0. The average Bonchev–Trinajstić information content (AvgIpc) is 4.05. The number of carbonyl (C=O) groups is 4. The van der Waals surface area contributed by atoms with Crippen LogP contribution < -0.4 is 0 Å². The molecule has 0 unspecified atom stereocenters. The number of fused-ring (bicyclic) bond motifs is 2. The number of aromatic nitrogens is 8. The first-order valence-corrected chi connectivity index (χ1v) is 23.5. The van der Waals surface area contributed by atoms with Crippen molar-refractivity contribution in [3.63, 3.8) is 0 Å². The van der Waals surface area contributed by atoms with E-state index >= 15 is 0 Å². The van der Waals surface area contributed by atoms with Crippen molar-refractivity contribution in [3.8, 4) is 0 Å². The van der Waals surface area contributed by atoms with Crippen molar-refractivity contribution in [1.82, 2.24) is 38.3 Å². The summed E-state index contributed by atoms with van der Waals surface area (Å²) in [6.45, 7) is 7.84. The summed E-state index contributed by atoms with van der Waals surface area (Å²) in [5.74, 6) is 1.42. The number of nitrogens with one attached hydrogen (secondary N) is 1. The first kappa shape index (κ1) is 40.5. The summed E-state index contributed by atoms with van der Waals surface area (Å²) >= 11 is 0. The van der Waals surface area contributed by atoms with Gasteiger partial charge in [-0.3, -0.25) is 9.59 Å². The highest BCUT2D eigenvalue weighted by Gasteiger charge is 2.25. The van der Waals surface area contributed by atoms with Crippen LogP contribution >= 0.6 is 0 Å². The number of imidazole rings is 4. The summed E-state index contributed by atoms with van der Waals surface area (Å²) in [6, 6.07) is 9.17. The molecule has 304 valence electrons. The predicted octanol–water partition coefficient (Wildman–Crippen LogP) is 6.86. The quantitative estimate of drug-likeness (QED) is 0.0441. The Morgan fingerprint density at radius 1 is 0.724 bits per heavy atom. The number of carbonyl (C=O) groups excluding carboxylic acids is 4. The van der Waals surface area contributed by atoms with Crippen molar-refractivity contribution in [2.75, 3.05) is 20.8 Å². The molecule has 58 heavy (non-hydrogen) atoms. The Hall–Kier alpha value is -5.74. The van der Waals surface area contributed by atoms with Gasteiger partial charge >= 0.3 is 11.9 Å². The van der Waals surface area contributed by atoms with E-state index in [0.29, 0.717) is 54.3 Å². The number of aryl methyl sites for hydroxylation is 2. The van der Waals surface area contributed by atoms with Gasteiger partial charge in [-0.1, -0.05) is 31.8 Å². The highest BCUT2D eigenvalue weighted by atomic mass is 28.3. The van der Waals surface area contributed by atoms with Gasteiger partial charge in [0.1, 0.15) is 46.8 Å². The molecule has 2 aliphatic carbocycles. The monoisotopic (exact) mass is 806 g/mol. The lowest BCUT2D eigenvalue weighted by atomic mass is 10.2. The second-order valence-electron chi connectivity index (χ2n) is 16.2.